The van der Waals surface area contributed by atoms with Gasteiger partial charge < -0.3 is 69.5 Å². The second-order valence-corrected chi connectivity index (χ2v) is 27.7. The molecule has 10 rings (SSSR count). The lowest BCUT2D eigenvalue weighted by Gasteiger charge is -2.21. The lowest BCUT2D eigenvalue weighted by atomic mass is 9.97. The number of allylic oxidation sites excluding steroid dienone is 4. The minimum atomic E-state index is -0.0516. The first-order chi connectivity index (χ1) is 50.8. The van der Waals surface area contributed by atoms with Gasteiger partial charge in [-0.1, -0.05) is 114 Å². The van der Waals surface area contributed by atoms with Crippen LogP contribution in [0, 0.1) is 11.8 Å². The number of para-hydroxylation sites is 4. The van der Waals surface area contributed by atoms with E-state index in [1.54, 1.807) is 0 Å². The molecule has 4 aromatic carbocycles. The minimum absolute atomic E-state index is 0. The zero-order chi connectivity index (χ0) is 73.1. The molecule has 3 amide bonds. The molecule has 0 saturated carbocycles. The van der Waals surface area contributed by atoms with Crippen molar-refractivity contribution < 1.29 is 61.5 Å². The molecule has 2 fully saturated rings. The number of fused-ring (bicyclic) bond motifs is 4. The standard InChI is InChI=1S/C43H58N4O6.C41H55N5O5.CH4/c1-33-29-34(2)45-40(33)15-7-5-12-38(48)13-10-21-50-23-25-52-27-28-53-26-24-51-22-19-44-43(49)32-47-37(31-36-11-4-8-16-41(36)47)30-35-18-20-46(3)42-17-9-6-14-39(35)42;1-31-27-32(2)44-37(31)13-5-4-6-16-40(47)42-18-21-49-23-25-51-26-24-50-22-19-43-41(48)30-46-35(29-34-11-7-9-14-38(34)46)28-33-17-20-45(3)39-15-10-8-12-36(33)39;/h4,6,8-9,11,14,16-18,20,30,33,40,45H,2,5,7,10,12-13,15,19,21-29,31-32H2,1,3H3;7-12,14-15,17,20,28,31,37,44H,2,4-6,13,16,18-19,21-27,29-30H2,1,3H3,(H-,42,43,47,48);1H4/p+2. The highest BCUT2D eigenvalue weighted by atomic mass is 16.6. The Morgan fingerprint density at radius 2 is 0.829 bits per heavy atom. The smallest absolute Gasteiger partial charge is 0.240 e. The van der Waals surface area contributed by atoms with Crippen molar-refractivity contribution in [1.82, 2.24) is 26.6 Å². The second kappa shape index (κ2) is 45.2. The number of amides is 3. The number of aromatic nitrogens is 2. The van der Waals surface area contributed by atoms with E-state index in [0.717, 1.165) is 133 Å². The Kier molecular flexibility index (Phi) is 35.5. The van der Waals surface area contributed by atoms with E-state index >= 15 is 0 Å². The topological polar surface area (TPSA) is 207 Å². The van der Waals surface area contributed by atoms with Crippen LogP contribution in [0.1, 0.15) is 127 Å². The zero-order valence-corrected chi connectivity index (χ0v) is 62.2. The highest BCUT2D eigenvalue weighted by Crippen LogP contribution is 2.38. The van der Waals surface area contributed by atoms with Gasteiger partial charge in [0.15, 0.2) is 12.4 Å². The number of anilines is 2. The number of hydrogen-bond acceptors (Lipinski definition) is 15. The van der Waals surface area contributed by atoms with Crippen LogP contribution in [0.5, 0.6) is 0 Å². The first-order valence-electron chi connectivity index (χ1n) is 37.9. The van der Waals surface area contributed by atoms with Gasteiger partial charge in [-0.05, 0) is 115 Å². The van der Waals surface area contributed by atoms with Crippen LogP contribution < -0.4 is 45.5 Å². The van der Waals surface area contributed by atoms with Gasteiger partial charge in [0.05, 0.1) is 96.7 Å². The van der Waals surface area contributed by atoms with Crippen molar-refractivity contribution in [1.29, 1.82) is 0 Å². The Bertz CT molecular complexity index is 3800. The molecule has 105 heavy (non-hydrogen) atoms. The number of carbonyl (C=O) groups is 4. The fraction of sp³-hybridized carbons (Fsp3) is 0.506. The molecule has 0 bridgehead atoms. The van der Waals surface area contributed by atoms with E-state index in [0.29, 0.717) is 161 Å². The van der Waals surface area contributed by atoms with Crippen molar-refractivity contribution in [3.63, 3.8) is 0 Å². The van der Waals surface area contributed by atoms with Crippen LogP contribution in [0.15, 0.2) is 158 Å². The van der Waals surface area contributed by atoms with E-state index in [9.17, 15) is 19.2 Å². The number of nitrogens with one attached hydrogen (secondary N) is 5. The van der Waals surface area contributed by atoms with Crippen LogP contribution in [0.4, 0.5) is 11.4 Å². The van der Waals surface area contributed by atoms with Gasteiger partial charge in [0.25, 0.3) is 0 Å². The lowest BCUT2D eigenvalue weighted by molar-refractivity contribution is -0.645. The maximum Gasteiger partial charge on any atom is 0.240 e. The Balaban J connectivity index is 0.000000263. The molecule has 4 unspecified atom stereocenters. The molecular weight excluding hydrogens is 1320 g/mol. The number of pyridine rings is 2. The largest absolute Gasteiger partial charge is 0.386 e. The number of unbranched alkanes of at least 4 members (excludes halogenated alkanes) is 3. The van der Waals surface area contributed by atoms with Gasteiger partial charge in [-0.25, -0.2) is 9.13 Å². The van der Waals surface area contributed by atoms with Gasteiger partial charge in [0, 0.05) is 129 Å². The first-order valence-corrected chi connectivity index (χ1v) is 37.9. The highest BCUT2D eigenvalue weighted by Gasteiger charge is 2.29. The third-order valence-corrected chi connectivity index (χ3v) is 19.6. The van der Waals surface area contributed by atoms with Crippen molar-refractivity contribution in [2.75, 3.05) is 135 Å². The molecule has 568 valence electrons. The molecule has 6 aromatic rings. The fourth-order valence-corrected chi connectivity index (χ4v) is 14.0. The van der Waals surface area contributed by atoms with Gasteiger partial charge in [-0.2, -0.15) is 0 Å². The lowest BCUT2D eigenvalue weighted by Crippen LogP contribution is -2.37. The van der Waals surface area contributed by atoms with Gasteiger partial charge in [0.2, 0.25) is 28.8 Å². The highest BCUT2D eigenvalue weighted by molar-refractivity contribution is 5.91. The molecule has 4 atom stereocenters. The van der Waals surface area contributed by atoms with E-state index < -0.39 is 0 Å². The van der Waals surface area contributed by atoms with Gasteiger partial charge in [0.1, 0.15) is 33.0 Å². The van der Waals surface area contributed by atoms with E-state index in [1.807, 2.05) is 24.3 Å². The first kappa shape index (κ1) is 82.3. The molecular formula is C85H119N9O11+2. The van der Waals surface area contributed by atoms with Crippen LogP contribution in [-0.2, 0) is 79.3 Å². The third kappa shape index (κ3) is 27.2. The molecule has 2 saturated heterocycles. The van der Waals surface area contributed by atoms with Gasteiger partial charge in [-0.15, -0.1) is 0 Å². The third-order valence-electron chi connectivity index (χ3n) is 19.6. The summed E-state index contributed by atoms with van der Waals surface area (Å²) in [6.07, 6.45) is 22.2. The van der Waals surface area contributed by atoms with Crippen LogP contribution in [-0.4, -0.2) is 161 Å². The van der Waals surface area contributed by atoms with E-state index in [4.69, 9.17) is 33.2 Å². The van der Waals surface area contributed by atoms with E-state index in [-0.39, 0.29) is 38.2 Å². The predicted octanol–water partition coefficient (Wildman–Crippen LogP) is 11.1. The van der Waals surface area contributed by atoms with Crippen LogP contribution in [0.25, 0.3) is 34.0 Å². The summed E-state index contributed by atoms with van der Waals surface area (Å²) in [5, 5.41) is 18.2. The van der Waals surface area contributed by atoms with Crippen LogP contribution >= 0.6 is 0 Å². The summed E-state index contributed by atoms with van der Waals surface area (Å²) >= 11 is 0. The Hall–Kier alpha value is -8.34. The predicted molar refractivity (Wildman–Crippen MR) is 418 cm³/mol. The van der Waals surface area contributed by atoms with Crippen molar-refractivity contribution in [2.45, 2.75) is 130 Å². The molecule has 20 heteroatoms. The number of ketones is 1. The van der Waals surface area contributed by atoms with Crippen molar-refractivity contribution in [2.24, 2.45) is 25.9 Å². The van der Waals surface area contributed by atoms with Crippen LogP contribution in [0.3, 0.4) is 0 Å². The maximum absolute atomic E-state index is 13.0. The average molecular weight is 1440 g/mol. The molecule has 0 spiro atoms. The molecule has 4 aliphatic heterocycles. The van der Waals surface area contributed by atoms with Crippen molar-refractivity contribution in [3.8, 4) is 0 Å². The number of benzene rings is 4. The normalized spacial score (nSPS) is 17.3. The van der Waals surface area contributed by atoms with E-state index in [1.165, 1.54) is 21.9 Å². The Labute approximate surface area is 624 Å². The fourth-order valence-electron chi connectivity index (χ4n) is 14.0. The van der Waals surface area contributed by atoms with Crippen LogP contribution in [0.2, 0.25) is 0 Å². The number of rotatable bonds is 45. The summed E-state index contributed by atoms with van der Waals surface area (Å²) in [6, 6.07) is 38.6. The average Bonchev–Trinajstić information content (AvgIpc) is 1.71. The minimum Gasteiger partial charge on any atom is -0.386 e. The summed E-state index contributed by atoms with van der Waals surface area (Å²) < 4.78 is 43.5. The number of aryl methyl sites for hydroxylation is 2. The number of hydrogen-bond donors (Lipinski definition) is 5. The second-order valence-electron chi connectivity index (χ2n) is 27.7. The summed E-state index contributed by atoms with van der Waals surface area (Å²) in [5.41, 5.74) is 13.7. The summed E-state index contributed by atoms with van der Waals surface area (Å²) in [5.74, 6) is 1.60. The summed E-state index contributed by atoms with van der Waals surface area (Å²) in [4.78, 5) is 54.5. The maximum atomic E-state index is 13.0. The molecule has 4 aliphatic rings. The molecule has 2 aromatic heterocycles. The molecule has 20 nitrogen and oxygen atoms in total. The SMILES string of the molecule is C.C=C1CC(C)C(CCCCC(=O)CCCOCCOCCOCCOCCNC(=O)CN2C(=Cc3cc[n+](C)c4ccccc34)Cc3ccccc32)N1.C=C1CC(C)C(CCCCCC(=O)NCCOCCOCCOCCNC(=O)CN2C(=Cc3cc[n+](C)c4ccccc34)Cc3ccccc32)N1. The zero-order valence-electron chi connectivity index (χ0n) is 62.2. The van der Waals surface area contributed by atoms with E-state index in [2.05, 4.69) is 196 Å². The van der Waals surface area contributed by atoms with Crippen molar-refractivity contribution >= 4 is 68.8 Å². The molecule has 0 aliphatic carbocycles. The Morgan fingerprint density at radius 1 is 0.457 bits per heavy atom. The summed E-state index contributed by atoms with van der Waals surface area (Å²) in [7, 11) is 4.11. The summed E-state index contributed by atoms with van der Waals surface area (Å²) in [6.45, 7) is 21.0. The monoisotopic (exact) mass is 1440 g/mol. The molecule has 5 N–H and O–H groups in total. The molecule has 6 heterocycles. The molecule has 0 radical (unpaired) electrons. The quantitative estimate of drug-likeness (QED) is 0.0178. The Morgan fingerprint density at radius 3 is 1.27 bits per heavy atom. The number of Topliss-reactive ketones (excluding diaryl/α,β-unsaturated/α-hetero) is 1. The van der Waals surface area contributed by atoms with Gasteiger partial charge in [-0.3, -0.25) is 19.2 Å². The number of ether oxygens (including phenoxy) is 7. The van der Waals surface area contributed by atoms with Gasteiger partial charge >= 0.3 is 0 Å². The number of carbonyl (C=O) groups excluding carboxylic acids is 4. The van der Waals surface area contributed by atoms with Crippen molar-refractivity contribution in [3.05, 3.63) is 180 Å². The number of nitrogens with zero attached hydrogens (tertiary/aromatic N) is 4.